The number of aromatic amines is 1. The molecule has 11 heteroatoms. The zero-order valence-electron chi connectivity index (χ0n) is 22.5. The standard InChI is InChI=1S/C29H28N6O5/c1-5-38-29-30-24-18(4)10-15-23(28(37)40-39-27(36)17(2)3)25(24)35(29)16-19-11-13-20(14-12-19)21-8-6-7-9-22(21)26-31-33-34-32-26/h6-15,17H,5,16H2,1-4H3,(H,31,32,33,34). The molecular weight excluding hydrogens is 512 g/mol. The minimum atomic E-state index is -0.795. The Morgan fingerprint density at radius 2 is 1.73 bits per heavy atom. The molecule has 0 aliphatic carbocycles. The fourth-order valence-corrected chi connectivity index (χ4v) is 4.30. The van der Waals surface area contributed by atoms with E-state index in [1.54, 1.807) is 26.0 Å². The van der Waals surface area contributed by atoms with E-state index < -0.39 is 17.9 Å². The summed E-state index contributed by atoms with van der Waals surface area (Å²) in [5, 5.41) is 14.4. The normalized spacial score (nSPS) is 11.1. The zero-order valence-corrected chi connectivity index (χ0v) is 22.5. The number of aryl methyl sites for hydroxylation is 1. The highest BCUT2D eigenvalue weighted by atomic mass is 17.2. The largest absolute Gasteiger partial charge is 0.465 e. The van der Waals surface area contributed by atoms with Crippen LogP contribution in [0.3, 0.4) is 0 Å². The third-order valence-corrected chi connectivity index (χ3v) is 6.34. The van der Waals surface area contributed by atoms with Crippen LogP contribution in [0.25, 0.3) is 33.5 Å². The molecule has 0 atom stereocenters. The predicted molar refractivity (Wildman–Crippen MR) is 146 cm³/mol. The summed E-state index contributed by atoms with van der Waals surface area (Å²) in [5.41, 5.74) is 5.96. The number of tetrazole rings is 1. The van der Waals surface area contributed by atoms with Crippen molar-refractivity contribution in [3.63, 3.8) is 0 Å². The number of benzene rings is 3. The molecule has 40 heavy (non-hydrogen) atoms. The molecule has 0 bridgehead atoms. The number of imidazole rings is 1. The van der Waals surface area contributed by atoms with E-state index in [0.29, 0.717) is 36.0 Å². The highest BCUT2D eigenvalue weighted by Crippen LogP contribution is 2.32. The van der Waals surface area contributed by atoms with Crippen LogP contribution < -0.4 is 4.74 Å². The molecule has 0 unspecified atom stereocenters. The number of H-pyrrole nitrogens is 1. The van der Waals surface area contributed by atoms with E-state index in [2.05, 4.69) is 25.6 Å². The number of ether oxygens (including phenoxy) is 1. The maximum absolute atomic E-state index is 13.0. The van der Waals surface area contributed by atoms with Gasteiger partial charge in [0.2, 0.25) is 5.82 Å². The van der Waals surface area contributed by atoms with E-state index in [0.717, 1.165) is 27.8 Å². The molecule has 204 valence electrons. The molecule has 0 aliphatic rings. The minimum absolute atomic E-state index is 0.210. The van der Waals surface area contributed by atoms with Gasteiger partial charge in [0, 0.05) is 5.56 Å². The molecule has 1 N–H and O–H groups in total. The second kappa shape index (κ2) is 11.4. The Hall–Kier alpha value is -5.06. The lowest BCUT2D eigenvalue weighted by Crippen LogP contribution is -2.16. The van der Waals surface area contributed by atoms with Gasteiger partial charge in [-0.3, -0.25) is 4.57 Å². The highest BCUT2D eigenvalue weighted by molar-refractivity contribution is 6.03. The summed E-state index contributed by atoms with van der Waals surface area (Å²) in [6, 6.07) is 19.6. The Bertz CT molecular complexity index is 1660. The molecule has 5 aromatic rings. The van der Waals surface area contributed by atoms with Crippen molar-refractivity contribution in [3.8, 4) is 28.5 Å². The molecule has 2 heterocycles. The molecule has 0 amide bonds. The minimum Gasteiger partial charge on any atom is -0.465 e. The van der Waals surface area contributed by atoms with Crippen LogP contribution in [-0.2, 0) is 21.1 Å². The van der Waals surface area contributed by atoms with Crippen molar-refractivity contribution in [2.24, 2.45) is 5.92 Å². The number of carbonyl (C=O) groups excluding carboxylic acids is 2. The van der Waals surface area contributed by atoms with E-state index >= 15 is 0 Å². The fraction of sp³-hybridized carbons (Fsp3) is 0.241. The van der Waals surface area contributed by atoms with Crippen molar-refractivity contribution in [2.45, 2.75) is 34.2 Å². The quantitative estimate of drug-likeness (QED) is 0.215. The van der Waals surface area contributed by atoms with Gasteiger partial charge in [0.25, 0.3) is 6.01 Å². The van der Waals surface area contributed by atoms with Crippen LogP contribution in [0.4, 0.5) is 0 Å². The van der Waals surface area contributed by atoms with E-state index in [-0.39, 0.29) is 5.56 Å². The van der Waals surface area contributed by atoms with E-state index in [4.69, 9.17) is 14.5 Å². The van der Waals surface area contributed by atoms with Crippen molar-refractivity contribution >= 4 is 23.0 Å². The van der Waals surface area contributed by atoms with Gasteiger partial charge in [0.05, 0.1) is 35.7 Å². The number of aromatic nitrogens is 6. The van der Waals surface area contributed by atoms with Gasteiger partial charge in [-0.05, 0) is 47.4 Å². The molecular formula is C29H28N6O5. The lowest BCUT2D eigenvalue weighted by atomic mass is 9.98. The summed E-state index contributed by atoms with van der Waals surface area (Å²) in [6.45, 7) is 7.83. The van der Waals surface area contributed by atoms with Crippen molar-refractivity contribution in [1.29, 1.82) is 0 Å². The number of carbonyl (C=O) groups is 2. The predicted octanol–water partition coefficient (Wildman–Crippen LogP) is 4.91. The number of nitrogens with zero attached hydrogens (tertiary/aromatic N) is 5. The Balaban J connectivity index is 1.50. The molecule has 11 nitrogen and oxygen atoms in total. The van der Waals surface area contributed by atoms with Gasteiger partial charge in [-0.2, -0.15) is 10.2 Å². The average Bonchev–Trinajstić information content (AvgIpc) is 3.62. The Morgan fingerprint density at radius 3 is 2.40 bits per heavy atom. The van der Waals surface area contributed by atoms with Gasteiger partial charge in [0.15, 0.2) is 0 Å². The third kappa shape index (κ3) is 5.26. The lowest BCUT2D eigenvalue weighted by Gasteiger charge is -2.13. The van der Waals surface area contributed by atoms with E-state index in [1.807, 2.05) is 66.9 Å². The van der Waals surface area contributed by atoms with Crippen LogP contribution in [0, 0.1) is 12.8 Å². The van der Waals surface area contributed by atoms with Crippen molar-refractivity contribution < 1.29 is 24.1 Å². The molecule has 5 rings (SSSR count). The fourth-order valence-electron chi connectivity index (χ4n) is 4.30. The first-order valence-corrected chi connectivity index (χ1v) is 12.8. The van der Waals surface area contributed by atoms with Gasteiger partial charge in [0.1, 0.15) is 0 Å². The first kappa shape index (κ1) is 26.5. The van der Waals surface area contributed by atoms with E-state index in [1.165, 1.54) is 0 Å². The van der Waals surface area contributed by atoms with E-state index in [9.17, 15) is 9.59 Å². The van der Waals surface area contributed by atoms with Crippen LogP contribution in [0.2, 0.25) is 0 Å². The van der Waals surface area contributed by atoms with Crippen LogP contribution in [0.1, 0.15) is 42.3 Å². The van der Waals surface area contributed by atoms with Gasteiger partial charge < -0.3 is 4.74 Å². The molecule has 0 saturated carbocycles. The number of nitrogens with one attached hydrogen (secondary N) is 1. The molecule has 0 saturated heterocycles. The summed E-state index contributed by atoms with van der Waals surface area (Å²) < 4.78 is 7.68. The summed E-state index contributed by atoms with van der Waals surface area (Å²) in [7, 11) is 0. The molecule has 3 aromatic carbocycles. The summed E-state index contributed by atoms with van der Waals surface area (Å²) in [6.07, 6.45) is 0. The van der Waals surface area contributed by atoms with Gasteiger partial charge in [-0.15, -0.1) is 10.2 Å². The topological polar surface area (TPSA) is 134 Å². The Kier molecular flexibility index (Phi) is 7.54. The first-order chi connectivity index (χ1) is 19.4. The van der Waals surface area contributed by atoms with Crippen LogP contribution in [-0.4, -0.2) is 48.7 Å². The number of hydrogen-bond donors (Lipinski definition) is 1. The molecule has 0 spiro atoms. The molecule has 0 radical (unpaired) electrons. The summed E-state index contributed by atoms with van der Waals surface area (Å²) in [4.78, 5) is 39.2. The number of rotatable bonds is 8. The monoisotopic (exact) mass is 540 g/mol. The van der Waals surface area contributed by atoms with Crippen LogP contribution >= 0.6 is 0 Å². The zero-order chi connectivity index (χ0) is 28.2. The van der Waals surface area contributed by atoms with Crippen molar-refractivity contribution in [2.75, 3.05) is 6.61 Å². The average molecular weight is 541 g/mol. The molecule has 2 aromatic heterocycles. The summed E-state index contributed by atoms with van der Waals surface area (Å²) >= 11 is 0. The van der Waals surface area contributed by atoms with Crippen LogP contribution in [0.5, 0.6) is 6.01 Å². The maximum Gasteiger partial charge on any atom is 0.388 e. The second-order valence-electron chi connectivity index (χ2n) is 9.45. The van der Waals surface area contributed by atoms with Crippen LogP contribution in [0.15, 0.2) is 60.7 Å². The highest BCUT2D eigenvalue weighted by Gasteiger charge is 2.24. The Morgan fingerprint density at radius 1 is 0.975 bits per heavy atom. The second-order valence-corrected chi connectivity index (χ2v) is 9.45. The smallest absolute Gasteiger partial charge is 0.388 e. The molecule has 0 aliphatic heterocycles. The number of hydrogen-bond acceptors (Lipinski definition) is 9. The van der Waals surface area contributed by atoms with Crippen molar-refractivity contribution in [1.82, 2.24) is 30.2 Å². The molecule has 0 fully saturated rings. The SMILES string of the molecule is CCOc1nc2c(C)ccc(C(=O)OOC(=O)C(C)C)c2n1Cc1ccc(-c2ccccc2-c2nn[nH]n2)cc1. The van der Waals surface area contributed by atoms with Gasteiger partial charge in [-0.1, -0.05) is 68.4 Å². The first-order valence-electron chi connectivity index (χ1n) is 12.8. The third-order valence-electron chi connectivity index (χ3n) is 6.34. The van der Waals surface area contributed by atoms with Crippen molar-refractivity contribution in [3.05, 3.63) is 77.4 Å². The van der Waals surface area contributed by atoms with Gasteiger partial charge in [-0.25, -0.2) is 19.4 Å². The number of fused-ring (bicyclic) bond motifs is 1. The van der Waals surface area contributed by atoms with Gasteiger partial charge >= 0.3 is 11.9 Å². The summed E-state index contributed by atoms with van der Waals surface area (Å²) in [5.74, 6) is -1.36. The maximum atomic E-state index is 13.0. The Labute approximate surface area is 230 Å². The lowest BCUT2D eigenvalue weighted by molar-refractivity contribution is -0.237.